The molecule has 1 unspecified atom stereocenters. The van der Waals surface area contributed by atoms with Crippen molar-refractivity contribution in [1.29, 1.82) is 0 Å². The van der Waals surface area contributed by atoms with E-state index in [1.165, 1.54) is 19.3 Å². The predicted molar refractivity (Wildman–Crippen MR) is 94.9 cm³/mol. The second kappa shape index (κ2) is 11.4. The van der Waals surface area contributed by atoms with Gasteiger partial charge in [-0.3, -0.25) is 0 Å². The van der Waals surface area contributed by atoms with E-state index in [9.17, 15) is 0 Å². The highest BCUT2D eigenvalue weighted by Gasteiger charge is 2.32. The molecule has 0 bridgehead atoms. The Kier molecular flexibility index (Phi) is 11.3. The fourth-order valence-electron chi connectivity index (χ4n) is 3.15. The van der Waals surface area contributed by atoms with Crippen molar-refractivity contribution in [3.63, 3.8) is 0 Å². The summed E-state index contributed by atoms with van der Waals surface area (Å²) in [5.41, 5.74) is 11.7. The average Bonchev–Trinajstić information content (AvgIpc) is 2.47. The van der Waals surface area contributed by atoms with E-state index < -0.39 is 0 Å². The van der Waals surface area contributed by atoms with E-state index >= 15 is 0 Å². The lowest BCUT2D eigenvalue weighted by Crippen LogP contribution is -2.31. The van der Waals surface area contributed by atoms with Crippen LogP contribution in [0.1, 0.15) is 60.3 Å². The van der Waals surface area contributed by atoms with Gasteiger partial charge in [-0.25, -0.2) is 0 Å². The molecule has 0 aromatic carbocycles. The quantitative estimate of drug-likeness (QED) is 0.483. The van der Waals surface area contributed by atoms with Crippen molar-refractivity contribution in [3.05, 3.63) is 0 Å². The van der Waals surface area contributed by atoms with Gasteiger partial charge in [0.2, 0.25) is 0 Å². The first kappa shape index (κ1) is 21.8. The Bertz CT molecular complexity index is 262. The summed E-state index contributed by atoms with van der Waals surface area (Å²) in [6.07, 6.45) is 4.75. The molecule has 1 atom stereocenters. The zero-order valence-corrected chi connectivity index (χ0v) is 15.6. The molecule has 4 N–H and O–H groups in total. The lowest BCUT2D eigenvalue weighted by atomic mass is 9.68. The van der Waals surface area contributed by atoms with Gasteiger partial charge in [0.1, 0.15) is 0 Å². The van der Waals surface area contributed by atoms with E-state index in [1.54, 1.807) is 0 Å². The Morgan fingerprint density at radius 1 is 0.864 bits per heavy atom. The molecule has 0 heterocycles. The molecule has 0 spiro atoms. The van der Waals surface area contributed by atoms with E-state index in [0.717, 1.165) is 19.6 Å². The van der Waals surface area contributed by atoms with E-state index in [-0.39, 0.29) is 0 Å². The Morgan fingerprint density at radius 2 is 1.36 bits per heavy atom. The van der Waals surface area contributed by atoms with Crippen molar-refractivity contribution in [2.75, 3.05) is 39.5 Å². The van der Waals surface area contributed by atoms with E-state index in [1.807, 2.05) is 0 Å². The third kappa shape index (κ3) is 9.78. The molecule has 0 amide bonds. The Hall–Kier alpha value is -0.160. The molecule has 0 aliphatic carbocycles. The van der Waals surface area contributed by atoms with Crippen molar-refractivity contribution in [1.82, 2.24) is 0 Å². The summed E-state index contributed by atoms with van der Waals surface area (Å²) in [5, 5.41) is 0. The normalized spacial score (nSPS) is 15.3. The van der Waals surface area contributed by atoms with Crippen molar-refractivity contribution >= 4 is 0 Å². The largest absolute Gasteiger partial charge is 0.380 e. The molecule has 4 nitrogen and oxygen atoms in total. The second-order valence-corrected chi connectivity index (χ2v) is 7.66. The van der Waals surface area contributed by atoms with Gasteiger partial charge in [-0.2, -0.15) is 0 Å². The van der Waals surface area contributed by atoms with Gasteiger partial charge in [0, 0.05) is 19.0 Å². The van der Waals surface area contributed by atoms with Gasteiger partial charge in [0.25, 0.3) is 0 Å². The maximum absolute atomic E-state index is 5.69. The summed E-state index contributed by atoms with van der Waals surface area (Å²) in [7, 11) is 0. The first-order valence-corrected chi connectivity index (χ1v) is 8.88. The minimum atomic E-state index is 0.322. The summed E-state index contributed by atoms with van der Waals surface area (Å²) in [6, 6.07) is 0. The molecule has 0 aromatic rings. The van der Waals surface area contributed by atoms with Gasteiger partial charge in [0.05, 0.1) is 26.4 Å². The minimum Gasteiger partial charge on any atom is -0.380 e. The van der Waals surface area contributed by atoms with Gasteiger partial charge >= 0.3 is 0 Å². The molecule has 0 aliphatic heterocycles. The van der Waals surface area contributed by atoms with E-state index in [0.29, 0.717) is 43.1 Å². The number of rotatable bonds is 14. The molecule has 22 heavy (non-hydrogen) atoms. The highest BCUT2D eigenvalue weighted by molar-refractivity contribution is 4.83. The average molecular weight is 317 g/mol. The molecule has 0 radical (unpaired) electrons. The lowest BCUT2D eigenvalue weighted by Gasteiger charge is -2.39. The van der Waals surface area contributed by atoms with Crippen molar-refractivity contribution in [2.45, 2.75) is 60.3 Å². The molecule has 134 valence electrons. The molecule has 0 saturated carbocycles. The lowest BCUT2D eigenvalue weighted by molar-refractivity contribution is 0.0141. The number of nitrogens with two attached hydrogens (primary N) is 2. The highest BCUT2D eigenvalue weighted by Crippen LogP contribution is 2.42. The van der Waals surface area contributed by atoms with Crippen molar-refractivity contribution in [2.24, 2.45) is 28.2 Å². The predicted octanol–water partition coefficient (Wildman–Crippen LogP) is 3.19. The van der Waals surface area contributed by atoms with Crippen LogP contribution < -0.4 is 11.5 Å². The molecule has 0 rings (SSSR count). The van der Waals surface area contributed by atoms with Gasteiger partial charge < -0.3 is 20.9 Å². The molecular weight excluding hydrogens is 276 g/mol. The molecule has 4 heteroatoms. The fraction of sp³-hybridized carbons (Fsp3) is 1.00. The van der Waals surface area contributed by atoms with Crippen LogP contribution in [0.25, 0.3) is 0 Å². The molecular formula is C18H40N2O2. The molecule has 0 saturated heterocycles. The molecule has 0 fully saturated rings. The monoisotopic (exact) mass is 316 g/mol. The highest BCUT2D eigenvalue weighted by atomic mass is 16.5. The zero-order valence-electron chi connectivity index (χ0n) is 15.6. The first-order chi connectivity index (χ1) is 10.3. The summed E-state index contributed by atoms with van der Waals surface area (Å²) >= 11 is 0. The Morgan fingerprint density at radius 3 is 1.73 bits per heavy atom. The van der Waals surface area contributed by atoms with Crippen LogP contribution in [0.2, 0.25) is 0 Å². The molecule has 0 aromatic heterocycles. The third-order valence-corrected chi connectivity index (χ3v) is 4.73. The number of hydrogen-bond donors (Lipinski definition) is 2. The van der Waals surface area contributed by atoms with Crippen molar-refractivity contribution < 1.29 is 9.47 Å². The topological polar surface area (TPSA) is 70.5 Å². The van der Waals surface area contributed by atoms with Gasteiger partial charge in [-0.15, -0.1) is 0 Å². The maximum atomic E-state index is 5.69. The van der Waals surface area contributed by atoms with Crippen LogP contribution in [0.4, 0.5) is 0 Å². The fourth-order valence-corrected chi connectivity index (χ4v) is 3.15. The Labute approximate surface area is 138 Å². The first-order valence-electron chi connectivity index (χ1n) is 8.88. The van der Waals surface area contributed by atoms with Crippen LogP contribution in [0, 0.1) is 16.7 Å². The second-order valence-electron chi connectivity index (χ2n) is 7.66. The SMILES string of the molecule is CCC(C)(C)CC(C)(CC)CC(COCCN)COCCN. The van der Waals surface area contributed by atoms with Gasteiger partial charge in [-0.05, 0) is 23.7 Å². The summed E-state index contributed by atoms with van der Waals surface area (Å²) in [5.74, 6) is 0.413. The van der Waals surface area contributed by atoms with Crippen LogP contribution in [-0.2, 0) is 9.47 Å². The summed E-state index contributed by atoms with van der Waals surface area (Å²) < 4.78 is 11.4. The van der Waals surface area contributed by atoms with Crippen LogP contribution in [0.3, 0.4) is 0 Å². The minimum absolute atomic E-state index is 0.322. The Balaban J connectivity index is 4.65. The van der Waals surface area contributed by atoms with E-state index in [2.05, 4.69) is 34.6 Å². The summed E-state index contributed by atoms with van der Waals surface area (Å²) in [6.45, 7) is 15.6. The standard InChI is InChI=1S/C18H40N2O2/c1-6-17(3,4)15-18(5,7-2)12-16(13-21-10-8-19)14-22-11-9-20/h16H,6-15,19-20H2,1-5H3. The summed E-state index contributed by atoms with van der Waals surface area (Å²) in [4.78, 5) is 0. The van der Waals surface area contributed by atoms with Crippen LogP contribution in [-0.4, -0.2) is 39.5 Å². The van der Waals surface area contributed by atoms with Gasteiger partial charge in [-0.1, -0.05) is 47.5 Å². The smallest absolute Gasteiger partial charge is 0.0588 e. The van der Waals surface area contributed by atoms with Gasteiger partial charge in [0.15, 0.2) is 0 Å². The number of hydrogen-bond acceptors (Lipinski definition) is 4. The number of ether oxygens (including phenoxy) is 2. The zero-order chi connectivity index (χ0) is 17.1. The van der Waals surface area contributed by atoms with Crippen LogP contribution >= 0.6 is 0 Å². The van der Waals surface area contributed by atoms with Crippen molar-refractivity contribution in [3.8, 4) is 0 Å². The molecule has 0 aliphatic rings. The van der Waals surface area contributed by atoms with E-state index in [4.69, 9.17) is 20.9 Å². The van der Waals surface area contributed by atoms with Crippen LogP contribution in [0.15, 0.2) is 0 Å². The third-order valence-electron chi connectivity index (χ3n) is 4.73. The maximum Gasteiger partial charge on any atom is 0.0588 e. The van der Waals surface area contributed by atoms with Crippen LogP contribution in [0.5, 0.6) is 0 Å².